The van der Waals surface area contributed by atoms with E-state index in [1.807, 2.05) is 0 Å². The highest BCUT2D eigenvalue weighted by Crippen LogP contribution is 2.12. The number of aliphatic hydroxyl groups is 1. The number of phenolic OH excluding ortho intramolecular Hbond substituents is 1. The van der Waals surface area contributed by atoms with Crippen LogP contribution < -0.4 is 5.43 Å². The summed E-state index contributed by atoms with van der Waals surface area (Å²) in [7, 11) is 0. The normalized spacial score (nSPS) is 10.6. The summed E-state index contributed by atoms with van der Waals surface area (Å²) < 4.78 is 0. The van der Waals surface area contributed by atoms with Gasteiger partial charge < -0.3 is 10.2 Å². The third kappa shape index (κ3) is 4.10. The highest BCUT2D eigenvalue weighted by atomic mass is 16.3. The van der Waals surface area contributed by atoms with Gasteiger partial charge >= 0.3 is 0 Å². The van der Waals surface area contributed by atoms with E-state index in [0.717, 1.165) is 0 Å². The number of nitrogens with one attached hydrogen (secondary N) is 1. The van der Waals surface area contributed by atoms with Gasteiger partial charge in [-0.15, -0.1) is 0 Å². The molecule has 1 rings (SSSR count). The van der Waals surface area contributed by atoms with Crippen LogP contribution in [0, 0.1) is 0 Å². The Hall–Kier alpha value is -1.88. The quantitative estimate of drug-likeness (QED) is 0.504. The minimum atomic E-state index is -0.263. The third-order valence-electron chi connectivity index (χ3n) is 1.89. The molecule has 0 atom stereocenters. The zero-order valence-corrected chi connectivity index (χ0v) is 8.76. The van der Waals surface area contributed by atoms with E-state index in [4.69, 9.17) is 5.11 Å². The number of aliphatic hydroxyl groups excluding tert-OH is 1. The van der Waals surface area contributed by atoms with Crippen molar-refractivity contribution in [3.63, 3.8) is 0 Å². The Morgan fingerprint density at radius 2 is 2.19 bits per heavy atom. The van der Waals surface area contributed by atoms with Crippen LogP contribution in [0.4, 0.5) is 0 Å². The van der Waals surface area contributed by atoms with Crippen molar-refractivity contribution in [2.45, 2.75) is 12.8 Å². The SMILES string of the molecule is O=C(CCCO)N/N=C/c1ccccc1O. The molecule has 0 radical (unpaired) electrons. The first-order valence-corrected chi connectivity index (χ1v) is 4.95. The maximum atomic E-state index is 11.1. The number of nitrogens with zero attached hydrogens (tertiary/aromatic N) is 1. The first-order chi connectivity index (χ1) is 7.74. The van der Waals surface area contributed by atoms with Crippen LogP contribution in [-0.2, 0) is 4.79 Å². The standard InChI is InChI=1S/C11H14N2O3/c14-7-3-6-11(16)13-12-8-9-4-1-2-5-10(9)15/h1-2,4-5,8,14-15H,3,6-7H2,(H,13,16)/b12-8+. The first-order valence-electron chi connectivity index (χ1n) is 4.95. The van der Waals surface area contributed by atoms with Crippen LogP contribution in [0.25, 0.3) is 0 Å². The molecule has 0 aliphatic heterocycles. The zero-order chi connectivity index (χ0) is 11.8. The number of hydrazone groups is 1. The first kappa shape index (κ1) is 12.2. The van der Waals surface area contributed by atoms with Gasteiger partial charge in [-0.25, -0.2) is 5.43 Å². The molecule has 0 bridgehead atoms. The summed E-state index contributed by atoms with van der Waals surface area (Å²) in [5.41, 5.74) is 2.83. The number of rotatable bonds is 5. The van der Waals surface area contributed by atoms with Crippen molar-refractivity contribution in [2.24, 2.45) is 5.10 Å². The van der Waals surface area contributed by atoms with Gasteiger partial charge in [0.1, 0.15) is 5.75 Å². The fourth-order valence-corrected chi connectivity index (χ4v) is 1.07. The molecule has 0 fully saturated rings. The predicted octanol–water partition coefficient (Wildman–Crippen LogP) is 0.615. The summed E-state index contributed by atoms with van der Waals surface area (Å²) in [6, 6.07) is 6.68. The van der Waals surface area contributed by atoms with Crippen molar-refractivity contribution in [1.82, 2.24) is 5.43 Å². The number of benzene rings is 1. The molecule has 0 saturated heterocycles. The second kappa shape index (κ2) is 6.58. The van der Waals surface area contributed by atoms with Gasteiger partial charge in [-0.3, -0.25) is 4.79 Å². The van der Waals surface area contributed by atoms with Crippen LogP contribution in [0.3, 0.4) is 0 Å². The molecule has 5 nitrogen and oxygen atoms in total. The molecule has 3 N–H and O–H groups in total. The van der Waals surface area contributed by atoms with Gasteiger partial charge in [-0.2, -0.15) is 5.10 Å². The molecule has 0 aliphatic carbocycles. The average Bonchev–Trinajstić information content (AvgIpc) is 2.29. The zero-order valence-electron chi connectivity index (χ0n) is 8.76. The van der Waals surface area contributed by atoms with Gasteiger partial charge in [0.05, 0.1) is 6.21 Å². The molecule has 0 saturated carbocycles. The van der Waals surface area contributed by atoms with Crippen LogP contribution in [-0.4, -0.2) is 28.9 Å². The van der Waals surface area contributed by atoms with Crippen LogP contribution in [0.1, 0.15) is 18.4 Å². The highest BCUT2D eigenvalue weighted by Gasteiger charge is 1.98. The second-order valence-electron chi connectivity index (χ2n) is 3.18. The summed E-state index contributed by atoms with van der Waals surface area (Å²) in [5.74, 6) is -0.156. The molecule has 1 amide bonds. The topological polar surface area (TPSA) is 81.9 Å². The fourth-order valence-electron chi connectivity index (χ4n) is 1.07. The van der Waals surface area contributed by atoms with Gasteiger partial charge in [-0.05, 0) is 18.6 Å². The van der Waals surface area contributed by atoms with E-state index in [0.29, 0.717) is 12.0 Å². The van der Waals surface area contributed by atoms with Crippen molar-refractivity contribution >= 4 is 12.1 Å². The van der Waals surface area contributed by atoms with Gasteiger partial charge in [-0.1, -0.05) is 12.1 Å². The molecule has 5 heteroatoms. The van der Waals surface area contributed by atoms with Crippen molar-refractivity contribution in [3.05, 3.63) is 29.8 Å². The number of carbonyl (C=O) groups is 1. The van der Waals surface area contributed by atoms with Crippen LogP contribution in [0.15, 0.2) is 29.4 Å². The van der Waals surface area contributed by atoms with Crippen molar-refractivity contribution < 1.29 is 15.0 Å². The summed E-state index contributed by atoms with van der Waals surface area (Å²) in [4.78, 5) is 11.1. The fraction of sp³-hybridized carbons (Fsp3) is 0.273. The van der Waals surface area contributed by atoms with Crippen LogP contribution >= 0.6 is 0 Å². The number of hydrogen-bond acceptors (Lipinski definition) is 4. The van der Waals surface area contributed by atoms with Crippen molar-refractivity contribution in [2.75, 3.05) is 6.61 Å². The number of phenols is 1. The minimum Gasteiger partial charge on any atom is -0.507 e. The number of para-hydroxylation sites is 1. The molecular weight excluding hydrogens is 208 g/mol. The molecule has 1 aromatic carbocycles. The molecule has 0 aromatic heterocycles. The van der Waals surface area contributed by atoms with E-state index < -0.39 is 0 Å². The lowest BCUT2D eigenvalue weighted by Gasteiger charge is -1.98. The number of hydrogen-bond donors (Lipinski definition) is 3. The van der Waals surface area contributed by atoms with E-state index in [1.54, 1.807) is 18.2 Å². The van der Waals surface area contributed by atoms with Gasteiger partial charge in [0.2, 0.25) is 5.91 Å². The monoisotopic (exact) mass is 222 g/mol. The Balaban J connectivity index is 2.43. The minimum absolute atomic E-state index is 0.0173. The highest BCUT2D eigenvalue weighted by molar-refractivity contribution is 5.84. The van der Waals surface area contributed by atoms with Gasteiger partial charge in [0.15, 0.2) is 0 Å². The number of amides is 1. The smallest absolute Gasteiger partial charge is 0.240 e. The second-order valence-corrected chi connectivity index (χ2v) is 3.18. The Labute approximate surface area is 93.4 Å². The molecule has 86 valence electrons. The van der Waals surface area contributed by atoms with E-state index >= 15 is 0 Å². The largest absolute Gasteiger partial charge is 0.507 e. The lowest BCUT2D eigenvalue weighted by molar-refractivity contribution is -0.121. The molecule has 0 unspecified atom stereocenters. The van der Waals surface area contributed by atoms with Gasteiger partial charge in [0, 0.05) is 18.6 Å². The third-order valence-corrected chi connectivity index (χ3v) is 1.89. The van der Waals surface area contributed by atoms with E-state index in [9.17, 15) is 9.90 Å². The molecular formula is C11H14N2O3. The lowest BCUT2D eigenvalue weighted by Crippen LogP contribution is -2.17. The Bertz CT molecular complexity index is 377. The van der Waals surface area contributed by atoms with Crippen LogP contribution in [0.5, 0.6) is 5.75 Å². The lowest BCUT2D eigenvalue weighted by atomic mass is 10.2. The molecule has 0 heterocycles. The van der Waals surface area contributed by atoms with E-state index in [-0.39, 0.29) is 24.7 Å². The van der Waals surface area contributed by atoms with E-state index in [2.05, 4.69) is 10.5 Å². The molecule has 0 aliphatic rings. The van der Waals surface area contributed by atoms with Crippen molar-refractivity contribution in [1.29, 1.82) is 0 Å². The average molecular weight is 222 g/mol. The van der Waals surface area contributed by atoms with Crippen molar-refractivity contribution in [3.8, 4) is 5.75 Å². The summed E-state index contributed by atoms with van der Waals surface area (Å²) in [5, 5.41) is 21.6. The maximum absolute atomic E-state index is 11.1. The Kier molecular flexibility index (Phi) is 5.01. The maximum Gasteiger partial charge on any atom is 0.240 e. The van der Waals surface area contributed by atoms with E-state index in [1.165, 1.54) is 12.3 Å². The van der Waals surface area contributed by atoms with Gasteiger partial charge in [0.25, 0.3) is 0 Å². The summed E-state index contributed by atoms with van der Waals surface area (Å²) in [6.45, 7) is -0.0173. The summed E-state index contributed by atoms with van der Waals surface area (Å²) >= 11 is 0. The summed E-state index contributed by atoms with van der Waals surface area (Å²) in [6.07, 6.45) is 2.01. The molecule has 1 aromatic rings. The predicted molar refractivity (Wildman–Crippen MR) is 60.2 cm³/mol. The number of aromatic hydroxyl groups is 1. The Morgan fingerprint density at radius 1 is 1.44 bits per heavy atom. The Morgan fingerprint density at radius 3 is 2.88 bits per heavy atom. The van der Waals surface area contributed by atoms with Crippen LogP contribution in [0.2, 0.25) is 0 Å². The number of carbonyl (C=O) groups excluding carboxylic acids is 1. The molecule has 16 heavy (non-hydrogen) atoms. The molecule has 0 spiro atoms.